The summed E-state index contributed by atoms with van der Waals surface area (Å²) in [5.74, 6) is 1.08. The van der Waals surface area contributed by atoms with Crippen molar-refractivity contribution in [3.05, 3.63) is 29.6 Å². The Morgan fingerprint density at radius 1 is 1.03 bits per heavy atom. The van der Waals surface area contributed by atoms with Crippen LogP contribution in [-0.2, 0) is 4.79 Å². The van der Waals surface area contributed by atoms with Gasteiger partial charge in [0.15, 0.2) is 0 Å². The summed E-state index contributed by atoms with van der Waals surface area (Å²) in [5, 5.41) is 0. The minimum atomic E-state index is -0.00717. The SMILES string of the molecule is Cc1ccncc1C(=O)N1CCN(C(=O)N2C[C@H]3C[C@H](C2)[C@H]2CCCC(=O)N2C3)CC1. The number of carbonyl (C=O) groups excluding carboxylic acids is 3. The molecule has 0 radical (unpaired) electrons. The molecule has 0 aliphatic carbocycles. The summed E-state index contributed by atoms with van der Waals surface area (Å²) in [5.41, 5.74) is 1.56. The van der Waals surface area contributed by atoms with E-state index in [0.717, 1.165) is 44.5 Å². The number of likely N-dealkylation sites (tertiary alicyclic amines) is 1. The average molecular weight is 426 g/mol. The van der Waals surface area contributed by atoms with Gasteiger partial charge >= 0.3 is 6.03 Å². The number of nitrogens with zero attached hydrogens (tertiary/aromatic N) is 5. The van der Waals surface area contributed by atoms with Crippen LogP contribution >= 0.6 is 0 Å². The van der Waals surface area contributed by atoms with E-state index in [1.807, 2.05) is 27.7 Å². The summed E-state index contributed by atoms with van der Waals surface area (Å²) in [4.78, 5) is 50.4. The van der Waals surface area contributed by atoms with Crippen LogP contribution in [0.4, 0.5) is 4.79 Å². The van der Waals surface area contributed by atoms with Crippen LogP contribution in [0, 0.1) is 18.8 Å². The normalized spacial score (nSPS) is 28.4. The average Bonchev–Trinajstić information content (AvgIpc) is 2.79. The fourth-order valence-corrected chi connectivity index (χ4v) is 5.93. The van der Waals surface area contributed by atoms with Gasteiger partial charge in [0.2, 0.25) is 5.91 Å². The first-order valence-electron chi connectivity index (χ1n) is 11.5. The maximum Gasteiger partial charge on any atom is 0.320 e. The predicted octanol–water partition coefficient (Wildman–Crippen LogP) is 1.60. The highest BCUT2D eigenvalue weighted by molar-refractivity contribution is 5.95. The molecular weight excluding hydrogens is 394 g/mol. The van der Waals surface area contributed by atoms with Crippen LogP contribution in [0.25, 0.3) is 0 Å². The molecule has 4 saturated heterocycles. The molecule has 5 heterocycles. The summed E-state index contributed by atoms with van der Waals surface area (Å²) in [6.07, 6.45) is 7.17. The number of hydrogen-bond acceptors (Lipinski definition) is 4. The molecule has 166 valence electrons. The van der Waals surface area contributed by atoms with Gasteiger partial charge in [0, 0.05) is 70.7 Å². The van der Waals surface area contributed by atoms with Gasteiger partial charge in [-0.15, -0.1) is 0 Å². The summed E-state index contributed by atoms with van der Waals surface area (Å²) in [6, 6.07) is 2.25. The molecule has 8 heteroatoms. The number of amides is 4. The van der Waals surface area contributed by atoms with Crippen molar-refractivity contribution in [2.45, 2.75) is 38.6 Å². The quantitative estimate of drug-likeness (QED) is 0.685. The lowest BCUT2D eigenvalue weighted by Gasteiger charge is -2.53. The van der Waals surface area contributed by atoms with E-state index in [-0.39, 0.29) is 11.9 Å². The van der Waals surface area contributed by atoms with Crippen molar-refractivity contribution in [1.82, 2.24) is 24.6 Å². The predicted molar refractivity (Wildman–Crippen MR) is 114 cm³/mol. The van der Waals surface area contributed by atoms with Gasteiger partial charge in [0.05, 0.1) is 5.56 Å². The van der Waals surface area contributed by atoms with E-state index in [9.17, 15) is 14.4 Å². The number of carbonyl (C=O) groups is 3. The molecule has 4 amide bonds. The molecule has 0 aromatic carbocycles. The van der Waals surface area contributed by atoms with Gasteiger partial charge in [-0.25, -0.2) is 4.79 Å². The summed E-state index contributed by atoms with van der Waals surface area (Å²) < 4.78 is 0. The molecule has 8 nitrogen and oxygen atoms in total. The molecule has 0 spiro atoms. The first-order chi connectivity index (χ1) is 15.0. The third-order valence-electron chi connectivity index (χ3n) is 7.56. The standard InChI is InChI=1S/C23H31N5O3/c1-16-5-6-24-12-19(16)22(30)25-7-9-26(10-8-25)23(31)27-13-17-11-18(15-27)20-3-2-4-21(29)28(20)14-17/h5-6,12,17-18,20H,2-4,7-11,13-15H2,1H3/t17-,18-,20-/m1/s1. The second-order valence-electron chi connectivity index (χ2n) is 9.52. The highest BCUT2D eigenvalue weighted by Gasteiger charge is 2.45. The Bertz CT molecular complexity index is 882. The second-order valence-corrected chi connectivity index (χ2v) is 9.52. The third kappa shape index (κ3) is 3.77. The molecule has 4 aliphatic heterocycles. The summed E-state index contributed by atoms with van der Waals surface area (Å²) in [7, 11) is 0. The number of fused-ring (bicyclic) bond motifs is 4. The van der Waals surface area contributed by atoms with E-state index in [0.29, 0.717) is 61.9 Å². The second kappa shape index (κ2) is 8.13. The highest BCUT2D eigenvalue weighted by Crippen LogP contribution is 2.38. The van der Waals surface area contributed by atoms with Gasteiger partial charge < -0.3 is 19.6 Å². The van der Waals surface area contributed by atoms with Crippen LogP contribution in [0.15, 0.2) is 18.5 Å². The van der Waals surface area contributed by atoms with Crippen LogP contribution in [0.5, 0.6) is 0 Å². The lowest BCUT2D eigenvalue weighted by Crippen LogP contribution is -2.63. The molecule has 1 aromatic rings. The number of aryl methyl sites for hydroxylation is 1. The lowest BCUT2D eigenvalue weighted by atomic mass is 9.76. The molecule has 2 bridgehead atoms. The van der Waals surface area contributed by atoms with Crippen LogP contribution in [0.3, 0.4) is 0 Å². The monoisotopic (exact) mass is 425 g/mol. The van der Waals surface area contributed by atoms with Crippen molar-refractivity contribution in [3.63, 3.8) is 0 Å². The number of pyridine rings is 1. The van der Waals surface area contributed by atoms with Crippen molar-refractivity contribution in [1.29, 1.82) is 0 Å². The fourth-order valence-electron chi connectivity index (χ4n) is 5.93. The Hall–Kier alpha value is -2.64. The number of aromatic nitrogens is 1. The number of hydrogen-bond donors (Lipinski definition) is 0. The smallest absolute Gasteiger partial charge is 0.320 e. The molecule has 0 saturated carbocycles. The van der Waals surface area contributed by atoms with Crippen LogP contribution < -0.4 is 0 Å². The first-order valence-corrected chi connectivity index (χ1v) is 11.5. The minimum absolute atomic E-state index is 0.00717. The molecule has 5 rings (SSSR count). The Labute approximate surface area is 183 Å². The van der Waals surface area contributed by atoms with E-state index in [1.165, 1.54) is 0 Å². The van der Waals surface area contributed by atoms with Gasteiger partial charge in [0.25, 0.3) is 5.91 Å². The zero-order chi connectivity index (χ0) is 21.5. The molecular formula is C23H31N5O3. The van der Waals surface area contributed by atoms with Crippen molar-refractivity contribution in [3.8, 4) is 0 Å². The summed E-state index contributed by atoms with van der Waals surface area (Å²) >= 11 is 0. The molecule has 3 atom stereocenters. The van der Waals surface area contributed by atoms with E-state index >= 15 is 0 Å². The lowest BCUT2D eigenvalue weighted by molar-refractivity contribution is -0.144. The molecule has 0 N–H and O–H groups in total. The Kier molecular flexibility index (Phi) is 5.32. The zero-order valence-corrected chi connectivity index (χ0v) is 18.2. The van der Waals surface area contributed by atoms with Gasteiger partial charge in [-0.1, -0.05) is 0 Å². The zero-order valence-electron chi connectivity index (χ0n) is 18.2. The van der Waals surface area contributed by atoms with Crippen molar-refractivity contribution >= 4 is 17.8 Å². The first kappa shape index (κ1) is 20.3. The van der Waals surface area contributed by atoms with Gasteiger partial charge in [0.1, 0.15) is 0 Å². The summed E-state index contributed by atoms with van der Waals surface area (Å²) in [6.45, 7) is 6.42. The Morgan fingerprint density at radius 2 is 1.81 bits per heavy atom. The largest absolute Gasteiger partial charge is 0.339 e. The van der Waals surface area contributed by atoms with E-state index in [4.69, 9.17) is 0 Å². The fraction of sp³-hybridized carbons (Fsp3) is 0.652. The van der Waals surface area contributed by atoms with E-state index in [1.54, 1.807) is 12.4 Å². The maximum atomic E-state index is 13.3. The highest BCUT2D eigenvalue weighted by atomic mass is 16.2. The maximum absolute atomic E-state index is 13.3. The molecule has 1 aromatic heterocycles. The van der Waals surface area contributed by atoms with Gasteiger partial charge in [-0.05, 0) is 49.7 Å². The van der Waals surface area contributed by atoms with Crippen LogP contribution in [-0.4, -0.2) is 94.3 Å². The molecule has 4 fully saturated rings. The van der Waals surface area contributed by atoms with E-state index < -0.39 is 0 Å². The van der Waals surface area contributed by atoms with Gasteiger partial charge in [-0.2, -0.15) is 0 Å². The third-order valence-corrected chi connectivity index (χ3v) is 7.56. The molecule has 31 heavy (non-hydrogen) atoms. The number of piperazine rings is 1. The van der Waals surface area contributed by atoms with Gasteiger partial charge in [-0.3, -0.25) is 14.6 Å². The Balaban J connectivity index is 1.19. The molecule has 0 unspecified atom stereocenters. The van der Waals surface area contributed by atoms with Crippen molar-refractivity contribution in [2.24, 2.45) is 11.8 Å². The number of rotatable bonds is 1. The van der Waals surface area contributed by atoms with E-state index in [2.05, 4.69) is 9.88 Å². The number of piperidine rings is 3. The minimum Gasteiger partial charge on any atom is -0.339 e. The number of urea groups is 1. The van der Waals surface area contributed by atoms with Crippen LogP contribution in [0.2, 0.25) is 0 Å². The van der Waals surface area contributed by atoms with Crippen LogP contribution in [0.1, 0.15) is 41.6 Å². The topological polar surface area (TPSA) is 77.1 Å². The van der Waals surface area contributed by atoms with Crippen molar-refractivity contribution < 1.29 is 14.4 Å². The Morgan fingerprint density at radius 3 is 2.58 bits per heavy atom. The molecule has 4 aliphatic rings. The van der Waals surface area contributed by atoms with Crippen molar-refractivity contribution in [2.75, 3.05) is 45.8 Å².